The fourth-order valence-corrected chi connectivity index (χ4v) is 4.51. The quantitative estimate of drug-likeness (QED) is 0.398. The topological polar surface area (TPSA) is 105 Å². The van der Waals surface area contributed by atoms with E-state index in [1.54, 1.807) is 4.68 Å². The molecule has 10 heteroatoms. The highest BCUT2D eigenvalue weighted by Gasteiger charge is 2.38. The first-order valence-electron chi connectivity index (χ1n) is 12.8. The maximum atomic E-state index is 12.3. The van der Waals surface area contributed by atoms with Gasteiger partial charge in [0, 0.05) is 39.2 Å². The number of unbranched alkanes of at least 4 members (excludes halogenated alkanes) is 1. The number of hydrogen-bond acceptors (Lipinski definition) is 8. The zero-order chi connectivity index (χ0) is 26.1. The molecular weight excluding hydrogens is 460 g/mol. The molecule has 0 spiro atoms. The zero-order valence-corrected chi connectivity index (χ0v) is 22.3. The van der Waals surface area contributed by atoms with Crippen LogP contribution in [0.2, 0.25) is 0 Å². The number of aliphatic hydroxyl groups is 1. The van der Waals surface area contributed by atoms with E-state index in [2.05, 4.69) is 44.8 Å². The number of nitrogens with one attached hydrogen (secondary N) is 1. The van der Waals surface area contributed by atoms with Gasteiger partial charge in [-0.15, -0.1) is 5.10 Å². The first-order chi connectivity index (χ1) is 17.3. The van der Waals surface area contributed by atoms with Crippen LogP contribution < -0.4 is 5.32 Å². The molecule has 0 saturated carbocycles. The molecule has 36 heavy (non-hydrogen) atoms. The number of nitrogens with zero attached hydrogens (tertiary/aromatic N) is 5. The summed E-state index contributed by atoms with van der Waals surface area (Å²) >= 11 is 0. The molecule has 0 radical (unpaired) electrons. The summed E-state index contributed by atoms with van der Waals surface area (Å²) in [5.41, 5.74) is 3.20. The third-order valence-corrected chi connectivity index (χ3v) is 6.54. The maximum Gasteiger partial charge on any atom is 0.221 e. The van der Waals surface area contributed by atoms with Gasteiger partial charge >= 0.3 is 0 Å². The van der Waals surface area contributed by atoms with Crippen LogP contribution in [0.4, 0.5) is 0 Å². The van der Waals surface area contributed by atoms with Crippen molar-refractivity contribution >= 4 is 5.91 Å². The molecule has 1 amide bonds. The van der Waals surface area contributed by atoms with E-state index < -0.39 is 12.4 Å². The summed E-state index contributed by atoms with van der Waals surface area (Å²) in [5.74, 6) is 0.0329. The van der Waals surface area contributed by atoms with Crippen molar-refractivity contribution in [2.24, 2.45) is 0 Å². The number of aliphatic hydroxyl groups excluding tert-OH is 1. The van der Waals surface area contributed by atoms with E-state index in [1.807, 2.05) is 39.2 Å². The van der Waals surface area contributed by atoms with Gasteiger partial charge in [-0.05, 0) is 71.4 Å². The van der Waals surface area contributed by atoms with Crippen LogP contribution in [0.5, 0.6) is 0 Å². The van der Waals surface area contributed by atoms with Gasteiger partial charge in [0.05, 0.1) is 23.7 Å². The van der Waals surface area contributed by atoms with Crippen molar-refractivity contribution in [1.82, 2.24) is 30.1 Å². The number of aryl methyl sites for hydroxylation is 1. The van der Waals surface area contributed by atoms with E-state index in [4.69, 9.17) is 9.47 Å². The number of carbonyl (C=O) groups excluding carboxylic acids is 1. The first kappa shape index (κ1) is 28.2. The van der Waals surface area contributed by atoms with Gasteiger partial charge in [-0.2, -0.15) is 0 Å². The fourth-order valence-electron chi connectivity index (χ4n) is 4.51. The Kier molecular flexibility index (Phi) is 10.8. The molecule has 1 saturated heterocycles. The minimum atomic E-state index is -0.731. The summed E-state index contributed by atoms with van der Waals surface area (Å²) in [4.78, 5) is 16.4. The van der Waals surface area contributed by atoms with Gasteiger partial charge in [-0.25, -0.2) is 4.68 Å². The molecule has 10 nitrogen and oxygen atoms in total. The van der Waals surface area contributed by atoms with E-state index >= 15 is 0 Å². The van der Waals surface area contributed by atoms with Crippen LogP contribution in [-0.4, -0.2) is 102 Å². The van der Waals surface area contributed by atoms with Crippen molar-refractivity contribution in [3.05, 3.63) is 41.7 Å². The minimum absolute atomic E-state index is 0.000614. The molecule has 3 rings (SSSR count). The van der Waals surface area contributed by atoms with Crippen LogP contribution in [0, 0.1) is 0 Å². The number of carbonyl (C=O) groups is 1. The van der Waals surface area contributed by atoms with Crippen LogP contribution in [0.25, 0.3) is 5.69 Å². The lowest BCUT2D eigenvalue weighted by Gasteiger charge is -2.41. The van der Waals surface area contributed by atoms with Crippen LogP contribution in [0.3, 0.4) is 0 Å². The molecule has 1 aliphatic rings. The van der Waals surface area contributed by atoms with Crippen LogP contribution in [0.1, 0.15) is 43.9 Å². The predicted octanol–water partition coefficient (Wildman–Crippen LogP) is 1.60. The lowest BCUT2D eigenvalue weighted by molar-refractivity contribution is -0.243. The Balaban J connectivity index is 1.31. The lowest BCUT2D eigenvalue weighted by atomic mass is 9.98. The molecule has 1 fully saturated rings. The highest BCUT2D eigenvalue weighted by Crippen LogP contribution is 2.24. The average Bonchev–Trinajstić information content (AvgIpc) is 3.31. The van der Waals surface area contributed by atoms with E-state index in [0.717, 1.165) is 37.2 Å². The van der Waals surface area contributed by atoms with Gasteiger partial charge in [0.25, 0.3) is 0 Å². The van der Waals surface area contributed by atoms with Crippen molar-refractivity contribution in [2.45, 2.75) is 70.1 Å². The number of likely N-dealkylation sites (N-methyl/N-ethyl adjacent to an activating group) is 1. The normalized spacial score (nSPS) is 22.3. The number of aromatic nitrogens is 3. The number of ether oxygens (including phenoxy) is 2. The summed E-state index contributed by atoms with van der Waals surface area (Å²) in [7, 11) is 7.49. The Labute approximate surface area is 214 Å². The molecule has 2 N–H and O–H groups in total. The Morgan fingerprint density at radius 1 is 1.25 bits per heavy atom. The second-order valence-corrected chi connectivity index (χ2v) is 9.94. The molecule has 1 aliphatic heterocycles. The molecule has 0 aliphatic carbocycles. The number of hydrogen-bond donors (Lipinski definition) is 2. The zero-order valence-electron chi connectivity index (χ0n) is 22.3. The summed E-state index contributed by atoms with van der Waals surface area (Å²) in [6, 6.07) is 8.27. The maximum absolute atomic E-state index is 12.3. The molecule has 200 valence electrons. The van der Waals surface area contributed by atoms with Crippen molar-refractivity contribution in [1.29, 1.82) is 0 Å². The van der Waals surface area contributed by atoms with Gasteiger partial charge in [-0.1, -0.05) is 17.3 Å². The smallest absolute Gasteiger partial charge is 0.221 e. The van der Waals surface area contributed by atoms with Crippen molar-refractivity contribution in [3.63, 3.8) is 0 Å². The van der Waals surface area contributed by atoms with Gasteiger partial charge in [0.15, 0.2) is 6.29 Å². The van der Waals surface area contributed by atoms with Crippen LogP contribution >= 0.6 is 0 Å². The first-order valence-corrected chi connectivity index (χ1v) is 12.8. The van der Waals surface area contributed by atoms with E-state index in [9.17, 15) is 9.90 Å². The largest absolute Gasteiger partial charge is 0.386 e. The molecule has 4 atom stereocenters. The highest BCUT2D eigenvalue weighted by molar-refractivity contribution is 5.76. The molecule has 2 heterocycles. The number of benzene rings is 1. The van der Waals surface area contributed by atoms with Crippen LogP contribution in [-0.2, 0) is 27.2 Å². The average molecular weight is 503 g/mol. The van der Waals surface area contributed by atoms with Crippen molar-refractivity contribution in [3.8, 4) is 5.69 Å². The summed E-state index contributed by atoms with van der Waals surface area (Å²) < 4.78 is 12.7. The van der Waals surface area contributed by atoms with Gasteiger partial charge in [0.1, 0.15) is 6.10 Å². The van der Waals surface area contributed by atoms with Gasteiger partial charge in [0.2, 0.25) is 5.91 Å². The Bertz CT molecular complexity index is 935. The Hall–Kier alpha value is -2.37. The van der Waals surface area contributed by atoms with Gasteiger partial charge < -0.3 is 29.7 Å². The second-order valence-electron chi connectivity index (χ2n) is 9.94. The summed E-state index contributed by atoms with van der Waals surface area (Å²) in [5, 5.41) is 21.9. The number of amides is 1. The standard InChI is InChI=1S/C26H42N6O4/c1-19-16-23(25(34)26(35-5)36-19)31(4)15-13-24(33)27-14-7-6-8-20-9-11-22(12-10-20)32-18-21(28-29-32)17-30(2)3/h9-12,18-19,23,25-26,34H,6-8,13-17H2,1-5H3,(H,27,33)/t19-,23+,25-,26-/m1/s1. The van der Waals surface area contributed by atoms with Gasteiger partial charge in [-0.3, -0.25) is 4.79 Å². The summed E-state index contributed by atoms with van der Waals surface area (Å²) in [6.45, 7) is 3.97. The second kappa shape index (κ2) is 13.8. The molecule has 1 aromatic carbocycles. The Morgan fingerprint density at radius 2 is 2.00 bits per heavy atom. The predicted molar refractivity (Wildman–Crippen MR) is 138 cm³/mol. The third kappa shape index (κ3) is 8.35. The minimum Gasteiger partial charge on any atom is -0.386 e. The molecule has 0 bridgehead atoms. The van der Waals surface area contributed by atoms with Crippen LogP contribution in [0.15, 0.2) is 30.5 Å². The van der Waals surface area contributed by atoms with E-state index in [0.29, 0.717) is 25.9 Å². The summed E-state index contributed by atoms with van der Waals surface area (Å²) in [6.07, 6.45) is 4.58. The van der Waals surface area contributed by atoms with Crippen molar-refractivity contribution < 1.29 is 19.4 Å². The Morgan fingerprint density at radius 3 is 2.69 bits per heavy atom. The molecule has 2 aromatic rings. The fraction of sp³-hybridized carbons (Fsp3) is 0.654. The molecule has 0 unspecified atom stereocenters. The van der Waals surface area contributed by atoms with Crippen molar-refractivity contribution in [2.75, 3.05) is 41.3 Å². The number of methoxy groups -OCH3 is 1. The third-order valence-electron chi connectivity index (χ3n) is 6.54. The van der Waals surface area contributed by atoms with E-state index in [1.165, 1.54) is 12.7 Å². The monoisotopic (exact) mass is 502 g/mol. The highest BCUT2D eigenvalue weighted by atomic mass is 16.7. The molecular formula is C26H42N6O4. The van der Waals surface area contributed by atoms with E-state index in [-0.39, 0.29) is 18.1 Å². The number of rotatable bonds is 13. The lowest BCUT2D eigenvalue weighted by Crippen LogP contribution is -2.55. The SMILES string of the molecule is CO[C@@H]1O[C@H](C)C[C@H](N(C)CCC(=O)NCCCCc2ccc(-n3cc(CN(C)C)nn3)cc2)[C@H]1O. The molecule has 1 aromatic heterocycles.